The Balaban J connectivity index is 1.82. The van der Waals surface area contributed by atoms with Gasteiger partial charge in [-0.2, -0.15) is 5.10 Å². The first-order valence-corrected chi connectivity index (χ1v) is 9.34. The topological polar surface area (TPSA) is 49.1 Å². The van der Waals surface area contributed by atoms with Gasteiger partial charge in [-0.1, -0.05) is 43.7 Å². The molecule has 1 aliphatic rings. The lowest BCUT2D eigenvalue weighted by molar-refractivity contribution is -0.133. The molecule has 0 bridgehead atoms. The molecule has 26 heavy (non-hydrogen) atoms. The summed E-state index contributed by atoms with van der Waals surface area (Å²) in [6.07, 6.45) is 2.79. The maximum Gasteiger partial charge on any atom is 0.244 e. The van der Waals surface area contributed by atoms with Crippen molar-refractivity contribution in [3.63, 3.8) is 0 Å². The third kappa shape index (κ3) is 4.05. The molecule has 0 saturated carbocycles. The predicted molar refractivity (Wildman–Crippen MR) is 103 cm³/mol. The zero-order valence-corrected chi connectivity index (χ0v) is 15.8. The number of aryl methyl sites for hydroxylation is 1. The summed E-state index contributed by atoms with van der Waals surface area (Å²) in [4.78, 5) is 15.2. The fourth-order valence-electron chi connectivity index (χ4n) is 3.38. The highest BCUT2D eigenvalue weighted by atomic mass is 16.3. The van der Waals surface area contributed by atoms with E-state index in [2.05, 4.69) is 49.0 Å². The zero-order chi connectivity index (χ0) is 18.5. The van der Waals surface area contributed by atoms with Gasteiger partial charge in [0.2, 0.25) is 5.91 Å². The summed E-state index contributed by atoms with van der Waals surface area (Å²) in [6.45, 7) is 8.96. The van der Waals surface area contributed by atoms with E-state index in [1.165, 1.54) is 5.56 Å². The molecule has 138 valence electrons. The molecule has 0 unspecified atom stereocenters. The van der Waals surface area contributed by atoms with Gasteiger partial charge in [0.25, 0.3) is 0 Å². The predicted octanol–water partition coefficient (Wildman–Crippen LogP) is 4.00. The quantitative estimate of drug-likeness (QED) is 0.756. The first kappa shape index (κ1) is 18.4. The number of benzene rings is 1. The van der Waals surface area contributed by atoms with Crippen LogP contribution in [0.5, 0.6) is 0 Å². The van der Waals surface area contributed by atoms with Gasteiger partial charge in [0.1, 0.15) is 11.5 Å². The molecule has 5 nitrogen and oxygen atoms in total. The van der Waals surface area contributed by atoms with Gasteiger partial charge < -0.3 is 9.32 Å². The second-order valence-electron chi connectivity index (χ2n) is 6.67. The zero-order valence-electron chi connectivity index (χ0n) is 15.8. The number of hydrogen-bond acceptors (Lipinski definition) is 4. The van der Waals surface area contributed by atoms with E-state index in [0.29, 0.717) is 12.8 Å². The molecule has 3 rings (SSSR count). The van der Waals surface area contributed by atoms with Crippen molar-refractivity contribution in [1.82, 2.24) is 9.91 Å². The molecule has 0 radical (unpaired) electrons. The third-order valence-electron chi connectivity index (χ3n) is 4.93. The van der Waals surface area contributed by atoms with Crippen molar-refractivity contribution in [3.05, 3.63) is 59.5 Å². The van der Waals surface area contributed by atoms with Gasteiger partial charge in [-0.15, -0.1) is 0 Å². The lowest BCUT2D eigenvalue weighted by Crippen LogP contribution is -2.32. The molecular weight excluding hydrogens is 326 g/mol. The Kier molecular flexibility index (Phi) is 5.89. The standard InChI is InChI=1S/C21H27N3O2/c1-4-23(5-2)12-11-21(25)24-19(17-9-6-8-16(3)14-17)15-18(22-24)20-10-7-13-26-20/h6-10,13-14,19H,4-5,11-12,15H2,1-3H3/t19-/m0/s1. The van der Waals surface area contributed by atoms with Crippen LogP contribution in [0.2, 0.25) is 0 Å². The maximum absolute atomic E-state index is 12.9. The number of nitrogens with zero attached hydrogens (tertiary/aromatic N) is 3. The molecular formula is C21H27N3O2. The highest BCUT2D eigenvalue weighted by Gasteiger charge is 2.33. The normalized spacial score (nSPS) is 17.0. The van der Waals surface area contributed by atoms with Gasteiger partial charge >= 0.3 is 0 Å². The van der Waals surface area contributed by atoms with E-state index in [4.69, 9.17) is 4.42 Å². The summed E-state index contributed by atoms with van der Waals surface area (Å²) in [6, 6.07) is 12.0. The van der Waals surface area contributed by atoms with Crippen molar-refractivity contribution in [2.24, 2.45) is 5.10 Å². The molecule has 0 aliphatic carbocycles. The van der Waals surface area contributed by atoms with Crippen molar-refractivity contribution in [2.75, 3.05) is 19.6 Å². The SMILES string of the molecule is CCN(CC)CCC(=O)N1N=C(c2ccco2)C[C@H]1c1cccc(C)c1. The van der Waals surface area contributed by atoms with E-state index in [9.17, 15) is 4.79 Å². The Hall–Kier alpha value is -2.40. The molecule has 0 N–H and O–H groups in total. The summed E-state index contributed by atoms with van der Waals surface area (Å²) in [5, 5.41) is 6.30. The lowest BCUT2D eigenvalue weighted by atomic mass is 9.99. The third-order valence-corrected chi connectivity index (χ3v) is 4.93. The number of furan rings is 1. The second-order valence-corrected chi connectivity index (χ2v) is 6.67. The minimum atomic E-state index is -0.0702. The number of amides is 1. The van der Waals surface area contributed by atoms with Gasteiger partial charge in [-0.05, 0) is 37.7 Å². The van der Waals surface area contributed by atoms with Crippen molar-refractivity contribution in [3.8, 4) is 0 Å². The Bertz CT molecular complexity index is 763. The van der Waals surface area contributed by atoms with Crippen LogP contribution < -0.4 is 0 Å². The van der Waals surface area contributed by atoms with E-state index in [1.54, 1.807) is 11.3 Å². The first-order chi connectivity index (χ1) is 12.6. The molecule has 0 spiro atoms. The van der Waals surface area contributed by atoms with Gasteiger partial charge in [-0.3, -0.25) is 4.79 Å². The monoisotopic (exact) mass is 353 g/mol. The average Bonchev–Trinajstić information content (AvgIpc) is 3.32. The Morgan fingerprint density at radius 3 is 2.73 bits per heavy atom. The van der Waals surface area contributed by atoms with Gasteiger partial charge in [-0.25, -0.2) is 5.01 Å². The Labute approximate surface area is 155 Å². The van der Waals surface area contributed by atoms with Crippen molar-refractivity contribution < 1.29 is 9.21 Å². The largest absolute Gasteiger partial charge is 0.463 e. The number of carbonyl (C=O) groups excluding carboxylic acids is 1. The number of carbonyl (C=O) groups is 1. The molecule has 2 heterocycles. The maximum atomic E-state index is 12.9. The molecule has 0 saturated heterocycles. The van der Waals surface area contributed by atoms with Crippen LogP contribution in [-0.2, 0) is 4.79 Å². The molecule has 1 amide bonds. The van der Waals surface area contributed by atoms with Crippen LogP contribution >= 0.6 is 0 Å². The van der Waals surface area contributed by atoms with Gasteiger partial charge in [0.05, 0.1) is 12.3 Å². The van der Waals surface area contributed by atoms with Crippen LogP contribution in [0.1, 0.15) is 49.6 Å². The van der Waals surface area contributed by atoms with Crippen LogP contribution in [0.4, 0.5) is 0 Å². The van der Waals surface area contributed by atoms with Crippen molar-refractivity contribution in [2.45, 2.75) is 39.7 Å². The molecule has 1 aromatic heterocycles. The van der Waals surface area contributed by atoms with Crippen LogP contribution in [0.3, 0.4) is 0 Å². The second kappa shape index (κ2) is 8.32. The Morgan fingerprint density at radius 1 is 1.27 bits per heavy atom. The van der Waals surface area contributed by atoms with Crippen LogP contribution in [0.25, 0.3) is 0 Å². The summed E-state index contributed by atoms with van der Waals surface area (Å²) in [5.74, 6) is 0.798. The number of rotatable bonds is 7. The minimum absolute atomic E-state index is 0.0602. The van der Waals surface area contributed by atoms with E-state index in [1.807, 2.05) is 18.2 Å². The van der Waals surface area contributed by atoms with E-state index in [0.717, 1.165) is 36.7 Å². The fourth-order valence-corrected chi connectivity index (χ4v) is 3.38. The van der Waals surface area contributed by atoms with E-state index in [-0.39, 0.29) is 11.9 Å². The summed E-state index contributed by atoms with van der Waals surface area (Å²) in [7, 11) is 0. The molecule has 2 aromatic rings. The molecule has 0 fully saturated rings. The van der Waals surface area contributed by atoms with Crippen molar-refractivity contribution >= 4 is 11.6 Å². The van der Waals surface area contributed by atoms with E-state index < -0.39 is 0 Å². The van der Waals surface area contributed by atoms with Gasteiger partial charge in [0.15, 0.2) is 0 Å². The van der Waals surface area contributed by atoms with Crippen LogP contribution in [0, 0.1) is 6.92 Å². The fraction of sp³-hybridized carbons (Fsp3) is 0.429. The molecule has 1 aliphatic heterocycles. The van der Waals surface area contributed by atoms with E-state index >= 15 is 0 Å². The average molecular weight is 353 g/mol. The van der Waals surface area contributed by atoms with Crippen LogP contribution in [-0.4, -0.2) is 41.2 Å². The highest BCUT2D eigenvalue weighted by molar-refractivity contribution is 6.01. The van der Waals surface area contributed by atoms with Gasteiger partial charge in [0, 0.05) is 19.4 Å². The summed E-state index contributed by atoms with van der Waals surface area (Å²) >= 11 is 0. The van der Waals surface area contributed by atoms with Crippen molar-refractivity contribution in [1.29, 1.82) is 0 Å². The number of hydrazone groups is 1. The first-order valence-electron chi connectivity index (χ1n) is 9.34. The summed E-state index contributed by atoms with van der Waals surface area (Å²) in [5.41, 5.74) is 3.13. The highest BCUT2D eigenvalue weighted by Crippen LogP contribution is 2.33. The van der Waals surface area contributed by atoms with Crippen LogP contribution in [0.15, 0.2) is 52.2 Å². The molecule has 5 heteroatoms. The molecule has 1 aromatic carbocycles. The minimum Gasteiger partial charge on any atom is -0.463 e. The lowest BCUT2D eigenvalue weighted by Gasteiger charge is -2.24. The smallest absolute Gasteiger partial charge is 0.244 e. The Morgan fingerprint density at radius 2 is 2.08 bits per heavy atom. The summed E-state index contributed by atoms with van der Waals surface area (Å²) < 4.78 is 5.51. The number of hydrogen-bond donors (Lipinski definition) is 0. The molecule has 1 atom stereocenters.